The van der Waals surface area contributed by atoms with Crippen molar-refractivity contribution >= 4 is 29.4 Å². The number of aromatic nitrogens is 3. The van der Waals surface area contributed by atoms with Gasteiger partial charge in [0.25, 0.3) is 0 Å². The molecule has 2 aromatic rings. The van der Waals surface area contributed by atoms with Gasteiger partial charge >= 0.3 is 12.0 Å². The summed E-state index contributed by atoms with van der Waals surface area (Å²) in [4.78, 5) is 22.9. The van der Waals surface area contributed by atoms with Crippen molar-refractivity contribution in [3.8, 4) is 0 Å². The zero-order valence-corrected chi connectivity index (χ0v) is 14.3. The van der Waals surface area contributed by atoms with Crippen molar-refractivity contribution in [2.24, 2.45) is 0 Å². The van der Waals surface area contributed by atoms with E-state index in [-0.39, 0.29) is 0 Å². The second-order valence-electron chi connectivity index (χ2n) is 5.22. The van der Waals surface area contributed by atoms with Crippen molar-refractivity contribution in [2.75, 3.05) is 18.6 Å². The highest BCUT2D eigenvalue weighted by Crippen LogP contribution is 2.05. The number of carbonyl (C=O) groups excluding carboxylic acids is 1. The summed E-state index contributed by atoms with van der Waals surface area (Å²) < 4.78 is 1.91. The van der Waals surface area contributed by atoms with Crippen molar-refractivity contribution in [1.29, 1.82) is 0 Å². The van der Waals surface area contributed by atoms with Crippen LogP contribution in [0.2, 0.25) is 0 Å². The van der Waals surface area contributed by atoms with E-state index in [0.29, 0.717) is 31.6 Å². The smallest absolute Gasteiger partial charge is 0.326 e. The Hall–Kier alpha value is -2.29. The molecule has 2 aromatic heterocycles. The lowest BCUT2D eigenvalue weighted by atomic mass is 10.2. The molecule has 0 fully saturated rings. The highest BCUT2D eigenvalue weighted by molar-refractivity contribution is 7.98. The highest BCUT2D eigenvalue weighted by Gasteiger charge is 2.18. The molecule has 0 aromatic carbocycles. The molecule has 0 spiro atoms. The van der Waals surface area contributed by atoms with E-state index in [1.165, 1.54) is 0 Å². The van der Waals surface area contributed by atoms with Crippen LogP contribution in [0.25, 0.3) is 5.65 Å². The number of fused-ring (bicyclic) bond motifs is 1. The van der Waals surface area contributed by atoms with Crippen LogP contribution in [0.5, 0.6) is 0 Å². The number of amides is 2. The summed E-state index contributed by atoms with van der Waals surface area (Å²) in [6.45, 7) is 0.433. The average Bonchev–Trinajstić information content (AvgIpc) is 2.98. The highest BCUT2D eigenvalue weighted by atomic mass is 32.2. The molecule has 0 unspecified atom stereocenters. The van der Waals surface area contributed by atoms with Crippen molar-refractivity contribution in [1.82, 2.24) is 25.2 Å². The summed E-state index contributed by atoms with van der Waals surface area (Å²) in [7, 11) is 0. The largest absolute Gasteiger partial charge is 0.480 e. The fourth-order valence-corrected chi connectivity index (χ4v) is 2.68. The van der Waals surface area contributed by atoms with Gasteiger partial charge in [-0.3, -0.25) is 4.40 Å². The zero-order chi connectivity index (χ0) is 17.4. The lowest BCUT2D eigenvalue weighted by Gasteiger charge is -2.14. The molecule has 2 heterocycles. The summed E-state index contributed by atoms with van der Waals surface area (Å²) in [5.74, 6) is 0.488. The van der Waals surface area contributed by atoms with E-state index in [1.54, 1.807) is 11.8 Å². The number of urea groups is 1. The van der Waals surface area contributed by atoms with E-state index >= 15 is 0 Å². The first kappa shape index (κ1) is 18.1. The number of nitrogens with zero attached hydrogens (tertiary/aromatic N) is 3. The fraction of sp³-hybridized carbons (Fsp3) is 0.467. The Labute approximate surface area is 144 Å². The molecule has 0 aliphatic rings. The Morgan fingerprint density at radius 3 is 2.96 bits per heavy atom. The van der Waals surface area contributed by atoms with E-state index in [1.807, 2.05) is 35.1 Å². The predicted molar refractivity (Wildman–Crippen MR) is 92.3 cm³/mol. The number of carboxylic acid groups (broad SMARTS) is 1. The third-order valence-corrected chi connectivity index (χ3v) is 4.11. The van der Waals surface area contributed by atoms with Crippen LogP contribution in [-0.4, -0.2) is 56.3 Å². The molecule has 9 heteroatoms. The number of carboxylic acids is 1. The third kappa shape index (κ3) is 5.12. The topological polar surface area (TPSA) is 109 Å². The summed E-state index contributed by atoms with van der Waals surface area (Å²) in [6.07, 6.45) is 5.54. The van der Waals surface area contributed by atoms with Gasteiger partial charge in [0.2, 0.25) is 0 Å². The molecular formula is C15H21N5O3S. The molecule has 24 heavy (non-hydrogen) atoms. The minimum atomic E-state index is -1.02. The van der Waals surface area contributed by atoms with Gasteiger partial charge in [0.1, 0.15) is 11.9 Å². The maximum absolute atomic E-state index is 11.8. The molecule has 1 atom stereocenters. The first-order valence-corrected chi connectivity index (χ1v) is 9.06. The Morgan fingerprint density at radius 2 is 2.21 bits per heavy atom. The number of rotatable bonds is 9. The standard InChI is InChI=1S/C15H21N5O3S/c1-24-10-7-11(14(21)22)17-15(23)16-8-4-6-13-19-18-12-5-2-3-9-20(12)13/h2-3,5,9,11H,4,6-8,10H2,1H3,(H,21,22)(H2,16,17,23)/t11-/m0/s1. The lowest BCUT2D eigenvalue weighted by Crippen LogP contribution is -2.46. The average molecular weight is 351 g/mol. The number of thioether (sulfide) groups is 1. The number of hydrogen-bond donors (Lipinski definition) is 3. The molecule has 0 radical (unpaired) electrons. The molecule has 0 bridgehead atoms. The van der Waals surface area contributed by atoms with Crippen LogP contribution in [0.4, 0.5) is 4.79 Å². The number of hydrogen-bond acceptors (Lipinski definition) is 5. The monoisotopic (exact) mass is 351 g/mol. The van der Waals surface area contributed by atoms with Crippen LogP contribution in [0, 0.1) is 0 Å². The van der Waals surface area contributed by atoms with Crippen LogP contribution in [0.3, 0.4) is 0 Å². The Morgan fingerprint density at radius 1 is 1.38 bits per heavy atom. The first-order valence-electron chi connectivity index (χ1n) is 7.66. The molecule has 130 valence electrons. The SMILES string of the molecule is CSCC[C@H](NC(=O)NCCCc1nnc2ccccn12)C(=O)O. The maximum Gasteiger partial charge on any atom is 0.326 e. The van der Waals surface area contributed by atoms with Crippen molar-refractivity contribution in [2.45, 2.75) is 25.3 Å². The quantitative estimate of drug-likeness (QED) is 0.585. The maximum atomic E-state index is 11.8. The van der Waals surface area contributed by atoms with Crippen molar-refractivity contribution in [3.05, 3.63) is 30.2 Å². The Bertz CT molecular complexity index is 691. The Balaban J connectivity index is 1.73. The summed E-state index contributed by atoms with van der Waals surface area (Å²) in [5.41, 5.74) is 0.788. The van der Waals surface area contributed by atoms with Gasteiger partial charge in [-0.05, 0) is 37.0 Å². The van der Waals surface area contributed by atoms with Crippen molar-refractivity contribution < 1.29 is 14.7 Å². The van der Waals surface area contributed by atoms with Gasteiger partial charge in [-0.25, -0.2) is 9.59 Å². The molecular weight excluding hydrogens is 330 g/mol. The van der Waals surface area contributed by atoms with Crippen LogP contribution in [0.1, 0.15) is 18.7 Å². The molecule has 0 saturated carbocycles. The van der Waals surface area contributed by atoms with Gasteiger partial charge in [-0.2, -0.15) is 11.8 Å². The second-order valence-corrected chi connectivity index (χ2v) is 6.21. The van der Waals surface area contributed by atoms with Gasteiger partial charge in [-0.15, -0.1) is 10.2 Å². The number of nitrogens with one attached hydrogen (secondary N) is 2. The fourth-order valence-electron chi connectivity index (χ4n) is 2.21. The van der Waals surface area contributed by atoms with Crippen LogP contribution >= 0.6 is 11.8 Å². The van der Waals surface area contributed by atoms with E-state index in [4.69, 9.17) is 5.11 Å². The third-order valence-electron chi connectivity index (χ3n) is 3.46. The number of pyridine rings is 1. The molecule has 0 aliphatic heterocycles. The summed E-state index contributed by atoms with van der Waals surface area (Å²) in [5, 5.41) is 22.4. The number of aryl methyl sites for hydroxylation is 1. The summed E-state index contributed by atoms with van der Waals surface area (Å²) >= 11 is 1.55. The molecule has 8 nitrogen and oxygen atoms in total. The minimum absolute atomic E-state index is 0.398. The van der Waals surface area contributed by atoms with E-state index < -0.39 is 18.0 Å². The molecule has 0 aliphatic carbocycles. The first-order chi connectivity index (χ1) is 11.6. The predicted octanol–water partition coefficient (Wildman–Crippen LogP) is 1.17. The van der Waals surface area contributed by atoms with Crippen LogP contribution < -0.4 is 10.6 Å². The van der Waals surface area contributed by atoms with Gasteiger partial charge in [0, 0.05) is 19.2 Å². The van der Waals surface area contributed by atoms with E-state index in [0.717, 1.165) is 11.5 Å². The van der Waals surface area contributed by atoms with E-state index in [2.05, 4.69) is 20.8 Å². The molecule has 3 N–H and O–H groups in total. The molecule has 2 rings (SSSR count). The second kappa shape index (κ2) is 9.11. The minimum Gasteiger partial charge on any atom is -0.480 e. The number of carbonyl (C=O) groups is 2. The van der Waals surface area contributed by atoms with Crippen LogP contribution in [0.15, 0.2) is 24.4 Å². The normalized spacial score (nSPS) is 12.0. The zero-order valence-electron chi connectivity index (χ0n) is 13.4. The van der Waals surface area contributed by atoms with Gasteiger partial charge in [-0.1, -0.05) is 6.07 Å². The molecule has 2 amide bonds. The Kier molecular flexibility index (Phi) is 6.86. The molecule has 0 saturated heterocycles. The lowest BCUT2D eigenvalue weighted by molar-refractivity contribution is -0.139. The van der Waals surface area contributed by atoms with Gasteiger partial charge in [0.05, 0.1) is 0 Å². The van der Waals surface area contributed by atoms with Gasteiger partial charge in [0.15, 0.2) is 5.65 Å². The van der Waals surface area contributed by atoms with Gasteiger partial charge < -0.3 is 15.7 Å². The van der Waals surface area contributed by atoms with Crippen molar-refractivity contribution in [3.63, 3.8) is 0 Å². The summed E-state index contributed by atoms with van der Waals surface area (Å²) in [6, 6.07) is 4.36. The van der Waals surface area contributed by atoms with E-state index in [9.17, 15) is 9.59 Å². The van der Waals surface area contributed by atoms with Crippen LogP contribution in [-0.2, 0) is 11.2 Å². The number of aliphatic carboxylic acids is 1.